The molecule has 1 fully saturated rings. The molecule has 0 radical (unpaired) electrons. The van der Waals surface area contributed by atoms with E-state index in [-0.39, 0.29) is 17.8 Å². The van der Waals surface area contributed by atoms with Crippen LogP contribution in [0.3, 0.4) is 0 Å². The Bertz CT molecular complexity index is 309. The molecule has 1 aromatic rings. The van der Waals surface area contributed by atoms with Crippen molar-refractivity contribution in [2.45, 2.75) is 25.3 Å². The highest BCUT2D eigenvalue weighted by molar-refractivity contribution is 5.32. The molecule has 0 spiro atoms. The standard InChI is InChI=1S/C10H12FN/c1-6-3-2-4-7(10(6)11)8-5-9(8)12/h2-4,8-9H,5,12H2,1H3. The number of halogens is 1. The van der Waals surface area contributed by atoms with Crippen LogP contribution in [-0.2, 0) is 0 Å². The second-order valence-electron chi connectivity index (χ2n) is 3.48. The van der Waals surface area contributed by atoms with E-state index >= 15 is 0 Å². The van der Waals surface area contributed by atoms with Gasteiger partial charge in [0.25, 0.3) is 0 Å². The van der Waals surface area contributed by atoms with E-state index in [2.05, 4.69) is 0 Å². The molecular weight excluding hydrogens is 153 g/mol. The van der Waals surface area contributed by atoms with Crippen molar-refractivity contribution in [3.05, 3.63) is 35.1 Å². The Labute approximate surface area is 71.4 Å². The van der Waals surface area contributed by atoms with Gasteiger partial charge >= 0.3 is 0 Å². The third-order valence-electron chi connectivity index (χ3n) is 2.46. The van der Waals surface area contributed by atoms with Gasteiger partial charge in [-0.05, 0) is 24.5 Å². The summed E-state index contributed by atoms with van der Waals surface area (Å²) in [6.45, 7) is 1.78. The zero-order valence-corrected chi connectivity index (χ0v) is 7.05. The predicted molar refractivity (Wildman–Crippen MR) is 46.5 cm³/mol. The summed E-state index contributed by atoms with van der Waals surface area (Å²) in [5, 5.41) is 0. The van der Waals surface area contributed by atoms with Crippen molar-refractivity contribution in [1.82, 2.24) is 0 Å². The molecule has 0 amide bonds. The smallest absolute Gasteiger partial charge is 0.129 e. The molecule has 1 nitrogen and oxygen atoms in total. The van der Waals surface area contributed by atoms with Crippen molar-refractivity contribution in [2.24, 2.45) is 5.73 Å². The summed E-state index contributed by atoms with van der Waals surface area (Å²) in [6, 6.07) is 5.69. The van der Waals surface area contributed by atoms with Crippen LogP contribution in [0, 0.1) is 12.7 Å². The molecule has 1 aliphatic carbocycles. The predicted octanol–water partition coefficient (Wildman–Crippen LogP) is 1.95. The molecule has 0 aromatic heterocycles. The first kappa shape index (κ1) is 7.74. The molecule has 2 N–H and O–H groups in total. The minimum absolute atomic E-state index is 0.0737. The molecular formula is C10H12FN. The molecule has 2 heteroatoms. The average molecular weight is 165 g/mol. The summed E-state index contributed by atoms with van der Waals surface area (Å²) in [7, 11) is 0. The van der Waals surface area contributed by atoms with Crippen molar-refractivity contribution in [2.75, 3.05) is 0 Å². The van der Waals surface area contributed by atoms with Gasteiger partial charge in [-0.3, -0.25) is 0 Å². The summed E-state index contributed by atoms with van der Waals surface area (Å²) < 4.78 is 13.4. The van der Waals surface area contributed by atoms with Gasteiger partial charge in [0, 0.05) is 12.0 Å². The van der Waals surface area contributed by atoms with E-state index in [9.17, 15) is 4.39 Å². The Kier molecular flexibility index (Phi) is 1.65. The van der Waals surface area contributed by atoms with Crippen LogP contribution < -0.4 is 5.73 Å². The van der Waals surface area contributed by atoms with E-state index in [1.165, 1.54) is 0 Å². The molecule has 1 aliphatic rings. The lowest BCUT2D eigenvalue weighted by Crippen LogP contribution is -2.02. The van der Waals surface area contributed by atoms with Gasteiger partial charge in [-0.25, -0.2) is 4.39 Å². The monoisotopic (exact) mass is 165 g/mol. The summed E-state index contributed by atoms with van der Waals surface area (Å²) in [5.74, 6) is 0.195. The lowest BCUT2D eigenvalue weighted by molar-refractivity contribution is 0.600. The summed E-state index contributed by atoms with van der Waals surface area (Å²) in [4.78, 5) is 0. The Morgan fingerprint density at radius 1 is 1.50 bits per heavy atom. The van der Waals surface area contributed by atoms with Crippen molar-refractivity contribution >= 4 is 0 Å². The van der Waals surface area contributed by atoms with Crippen molar-refractivity contribution in [3.8, 4) is 0 Å². The zero-order valence-electron chi connectivity index (χ0n) is 7.05. The maximum absolute atomic E-state index is 13.4. The molecule has 2 atom stereocenters. The SMILES string of the molecule is Cc1cccc(C2CC2N)c1F. The Balaban J connectivity index is 2.38. The van der Waals surface area contributed by atoms with E-state index in [1.807, 2.05) is 12.1 Å². The summed E-state index contributed by atoms with van der Waals surface area (Å²) >= 11 is 0. The minimum atomic E-state index is -0.0737. The van der Waals surface area contributed by atoms with Crippen LogP contribution in [0.2, 0.25) is 0 Å². The lowest BCUT2D eigenvalue weighted by atomic mass is 10.1. The van der Waals surface area contributed by atoms with Crippen LogP contribution in [0.5, 0.6) is 0 Å². The molecule has 0 aliphatic heterocycles. The molecule has 0 heterocycles. The number of hydrogen-bond acceptors (Lipinski definition) is 1. The molecule has 0 saturated heterocycles. The fraction of sp³-hybridized carbons (Fsp3) is 0.400. The number of rotatable bonds is 1. The van der Waals surface area contributed by atoms with Gasteiger partial charge in [-0.1, -0.05) is 18.2 Å². The second-order valence-corrected chi connectivity index (χ2v) is 3.48. The van der Waals surface area contributed by atoms with Gasteiger partial charge in [-0.2, -0.15) is 0 Å². The third-order valence-corrected chi connectivity index (χ3v) is 2.46. The quantitative estimate of drug-likeness (QED) is 0.676. The van der Waals surface area contributed by atoms with Crippen molar-refractivity contribution < 1.29 is 4.39 Å². The summed E-state index contributed by atoms with van der Waals surface area (Å²) in [5.41, 5.74) is 7.16. The van der Waals surface area contributed by atoms with E-state index in [1.54, 1.807) is 13.0 Å². The van der Waals surface area contributed by atoms with Gasteiger partial charge in [-0.15, -0.1) is 0 Å². The Morgan fingerprint density at radius 3 is 2.75 bits per heavy atom. The van der Waals surface area contributed by atoms with Gasteiger partial charge in [0.2, 0.25) is 0 Å². The molecule has 64 valence electrons. The second kappa shape index (κ2) is 2.56. The maximum Gasteiger partial charge on any atom is 0.129 e. The Hall–Kier alpha value is -0.890. The van der Waals surface area contributed by atoms with E-state index < -0.39 is 0 Å². The highest BCUT2D eigenvalue weighted by atomic mass is 19.1. The first-order valence-electron chi connectivity index (χ1n) is 4.20. The summed E-state index contributed by atoms with van der Waals surface area (Å²) in [6.07, 6.45) is 0.931. The maximum atomic E-state index is 13.4. The van der Waals surface area contributed by atoms with Crippen molar-refractivity contribution in [1.29, 1.82) is 0 Å². The number of benzene rings is 1. The molecule has 0 bridgehead atoms. The van der Waals surface area contributed by atoms with Crippen LogP contribution >= 0.6 is 0 Å². The van der Waals surface area contributed by atoms with Crippen LogP contribution in [0.15, 0.2) is 18.2 Å². The largest absolute Gasteiger partial charge is 0.327 e. The Morgan fingerprint density at radius 2 is 2.17 bits per heavy atom. The fourth-order valence-electron chi connectivity index (χ4n) is 1.53. The zero-order chi connectivity index (χ0) is 8.72. The van der Waals surface area contributed by atoms with Crippen LogP contribution in [0.25, 0.3) is 0 Å². The van der Waals surface area contributed by atoms with Gasteiger partial charge < -0.3 is 5.73 Å². The highest BCUT2D eigenvalue weighted by Gasteiger charge is 2.36. The highest BCUT2D eigenvalue weighted by Crippen LogP contribution is 2.40. The minimum Gasteiger partial charge on any atom is -0.327 e. The molecule has 1 aromatic carbocycles. The molecule has 12 heavy (non-hydrogen) atoms. The third kappa shape index (κ3) is 1.12. The van der Waals surface area contributed by atoms with E-state index in [0.717, 1.165) is 12.0 Å². The molecule has 1 saturated carbocycles. The topological polar surface area (TPSA) is 26.0 Å². The average Bonchev–Trinajstić information content (AvgIpc) is 2.73. The first-order valence-corrected chi connectivity index (χ1v) is 4.20. The number of aryl methyl sites for hydroxylation is 1. The molecule has 2 rings (SSSR count). The molecule has 2 unspecified atom stereocenters. The van der Waals surface area contributed by atoms with Gasteiger partial charge in [0.15, 0.2) is 0 Å². The van der Waals surface area contributed by atoms with Crippen LogP contribution in [0.4, 0.5) is 4.39 Å². The lowest BCUT2D eigenvalue weighted by Gasteiger charge is -2.02. The van der Waals surface area contributed by atoms with E-state index in [4.69, 9.17) is 5.73 Å². The number of hydrogen-bond donors (Lipinski definition) is 1. The van der Waals surface area contributed by atoms with Crippen LogP contribution in [0.1, 0.15) is 23.5 Å². The van der Waals surface area contributed by atoms with Gasteiger partial charge in [0.1, 0.15) is 5.82 Å². The van der Waals surface area contributed by atoms with Gasteiger partial charge in [0.05, 0.1) is 0 Å². The fourth-order valence-corrected chi connectivity index (χ4v) is 1.53. The van der Waals surface area contributed by atoms with Crippen LogP contribution in [-0.4, -0.2) is 6.04 Å². The van der Waals surface area contributed by atoms with E-state index in [0.29, 0.717) is 5.56 Å². The van der Waals surface area contributed by atoms with Crippen molar-refractivity contribution in [3.63, 3.8) is 0 Å². The normalized spacial score (nSPS) is 27.2. The first-order chi connectivity index (χ1) is 5.70. The number of nitrogens with two attached hydrogens (primary N) is 1.